The molecule has 16 heavy (non-hydrogen) atoms. The lowest BCUT2D eigenvalue weighted by Gasteiger charge is -2.26. The van der Waals surface area contributed by atoms with Gasteiger partial charge in [0, 0.05) is 26.2 Å². The molecule has 88 valence electrons. The van der Waals surface area contributed by atoms with Gasteiger partial charge in [-0.05, 0) is 0 Å². The molecule has 1 aliphatic rings. The van der Waals surface area contributed by atoms with Gasteiger partial charge in [0.1, 0.15) is 11.6 Å². The number of nitrogens with two attached hydrogens (primary N) is 1. The van der Waals surface area contributed by atoms with E-state index in [1.165, 1.54) is 0 Å². The average molecular weight is 223 g/mol. The van der Waals surface area contributed by atoms with Gasteiger partial charge in [0.2, 0.25) is 0 Å². The molecule has 2 heterocycles. The van der Waals surface area contributed by atoms with Crippen molar-refractivity contribution in [3.05, 3.63) is 12.4 Å². The summed E-state index contributed by atoms with van der Waals surface area (Å²) < 4.78 is 5.28. The molecule has 1 aromatic rings. The van der Waals surface area contributed by atoms with Gasteiger partial charge >= 0.3 is 0 Å². The minimum atomic E-state index is 0.443. The molecule has 0 aromatic carbocycles. The highest BCUT2D eigenvalue weighted by molar-refractivity contribution is 5.35. The second-order valence-corrected chi connectivity index (χ2v) is 3.71. The number of morpholine rings is 1. The van der Waals surface area contributed by atoms with Crippen molar-refractivity contribution in [2.75, 3.05) is 50.4 Å². The second kappa shape index (κ2) is 5.62. The maximum absolute atomic E-state index is 5.45. The van der Waals surface area contributed by atoms with Gasteiger partial charge in [-0.2, -0.15) is 0 Å². The third kappa shape index (κ3) is 3.32. The molecule has 0 atom stereocenters. The minimum absolute atomic E-state index is 0.443. The molecule has 1 aliphatic heterocycles. The maximum Gasteiger partial charge on any atom is 0.144 e. The summed E-state index contributed by atoms with van der Waals surface area (Å²) in [4.78, 5) is 10.4. The van der Waals surface area contributed by atoms with Crippen LogP contribution in [0.1, 0.15) is 0 Å². The molecule has 0 bridgehead atoms. The van der Waals surface area contributed by atoms with E-state index >= 15 is 0 Å². The fraction of sp³-hybridized carbons (Fsp3) is 0.600. The van der Waals surface area contributed by atoms with Crippen LogP contribution in [0, 0.1) is 0 Å². The lowest BCUT2D eigenvalue weighted by atomic mass is 10.4. The Morgan fingerprint density at radius 3 is 2.81 bits per heavy atom. The average Bonchev–Trinajstić information content (AvgIpc) is 2.33. The molecule has 6 heteroatoms. The van der Waals surface area contributed by atoms with E-state index in [4.69, 9.17) is 10.5 Å². The van der Waals surface area contributed by atoms with Crippen molar-refractivity contribution in [3.63, 3.8) is 0 Å². The Balaban J connectivity index is 1.69. The molecule has 2 rings (SSSR count). The zero-order valence-corrected chi connectivity index (χ0v) is 9.22. The van der Waals surface area contributed by atoms with Crippen molar-refractivity contribution in [3.8, 4) is 0 Å². The lowest BCUT2D eigenvalue weighted by Crippen LogP contribution is -2.39. The van der Waals surface area contributed by atoms with Crippen LogP contribution in [0.5, 0.6) is 0 Å². The first kappa shape index (κ1) is 11.1. The van der Waals surface area contributed by atoms with E-state index in [1.54, 1.807) is 12.4 Å². The van der Waals surface area contributed by atoms with Gasteiger partial charge in [0.15, 0.2) is 0 Å². The van der Waals surface area contributed by atoms with Crippen molar-refractivity contribution >= 4 is 11.6 Å². The van der Waals surface area contributed by atoms with E-state index < -0.39 is 0 Å². The van der Waals surface area contributed by atoms with Gasteiger partial charge in [0.25, 0.3) is 0 Å². The van der Waals surface area contributed by atoms with Gasteiger partial charge in [-0.15, -0.1) is 0 Å². The van der Waals surface area contributed by atoms with E-state index in [0.717, 1.165) is 45.2 Å². The molecule has 1 fully saturated rings. The molecule has 0 amide bonds. The molecule has 0 spiro atoms. The van der Waals surface area contributed by atoms with Crippen LogP contribution in [-0.2, 0) is 4.74 Å². The molecule has 1 saturated heterocycles. The highest BCUT2D eigenvalue weighted by Crippen LogP contribution is 2.01. The fourth-order valence-electron chi connectivity index (χ4n) is 1.60. The normalized spacial score (nSPS) is 17.2. The standard InChI is InChI=1S/C10H17N5O/c11-9-7-14-10(8-13-9)12-1-2-15-3-5-16-6-4-15/h7-8H,1-6H2,(H2,11,13)(H,12,14). The van der Waals surface area contributed by atoms with Gasteiger partial charge in [-0.1, -0.05) is 0 Å². The third-order valence-electron chi connectivity index (χ3n) is 2.51. The molecule has 1 aromatic heterocycles. The zero-order chi connectivity index (χ0) is 11.2. The van der Waals surface area contributed by atoms with E-state index in [-0.39, 0.29) is 0 Å². The smallest absolute Gasteiger partial charge is 0.144 e. The first-order valence-electron chi connectivity index (χ1n) is 5.46. The van der Waals surface area contributed by atoms with Crippen LogP contribution >= 0.6 is 0 Å². The summed E-state index contributed by atoms with van der Waals surface area (Å²) in [7, 11) is 0. The van der Waals surface area contributed by atoms with E-state index in [2.05, 4.69) is 20.2 Å². The summed E-state index contributed by atoms with van der Waals surface area (Å²) in [6.45, 7) is 5.54. The van der Waals surface area contributed by atoms with Crippen molar-refractivity contribution in [1.29, 1.82) is 0 Å². The van der Waals surface area contributed by atoms with Gasteiger partial charge in [-0.25, -0.2) is 9.97 Å². The van der Waals surface area contributed by atoms with Crippen LogP contribution in [-0.4, -0.2) is 54.3 Å². The Labute approximate surface area is 94.8 Å². The van der Waals surface area contributed by atoms with Gasteiger partial charge < -0.3 is 15.8 Å². The molecule has 6 nitrogen and oxygen atoms in total. The Hall–Kier alpha value is -1.40. The SMILES string of the molecule is Nc1cnc(NCCN2CCOCC2)cn1. The number of nitrogens with zero attached hydrogens (tertiary/aromatic N) is 3. The number of hydrogen-bond donors (Lipinski definition) is 2. The van der Waals surface area contributed by atoms with Crippen LogP contribution in [0.25, 0.3) is 0 Å². The molecular weight excluding hydrogens is 206 g/mol. The van der Waals surface area contributed by atoms with Crippen molar-refractivity contribution in [2.45, 2.75) is 0 Å². The van der Waals surface area contributed by atoms with Crippen LogP contribution in [0.15, 0.2) is 12.4 Å². The first-order valence-corrected chi connectivity index (χ1v) is 5.46. The topological polar surface area (TPSA) is 76.3 Å². The van der Waals surface area contributed by atoms with Crippen LogP contribution in [0.4, 0.5) is 11.6 Å². The van der Waals surface area contributed by atoms with Gasteiger partial charge in [0.05, 0.1) is 25.6 Å². The Bertz CT molecular complexity index is 309. The number of rotatable bonds is 4. The summed E-state index contributed by atoms with van der Waals surface area (Å²) in [5.74, 6) is 1.21. The predicted octanol–water partition coefficient (Wildman–Crippen LogP) is -0.197. The Morgan fingerprint density at radius 1 is 1.31 bits per heavy atom. The zero-order valence-electron chi connectivity index (χ0n) is 9.22. The second-order valence-electron chi connectivity index (χ2n) is 3.71. The highest BCUT2D eigenvalue weighted by atomic mass is 16.5. The first-order chi connectivity index (χ1) is 7.84. The third-order valence-corrected chi connectivity index (χ3v) is 2.51. The van der Waals surface area contributed by atoms with E-state index in [0.29, 0.717) is 5.82 Å². The van der Waals surface area contributed by atoms with Crippen LogP contribution in [0.3, 0.4) is 0 Å². The predicted molar refractivity (Wildman–Crippen MR) is 62.2 cm³/mol. The number of aromatic nitrogens is 2. The molecule has 3 N–H and O–H groups in total. The lowest BCUT2D eigenvalue weighted by molar-refractivity contribution is 0.0398. The van der Waals surface area contributed by atoms with E-state index in [9.17, 15) is 0 Å². The maximum atomic E-state index is 5.45. The van der Waals surface area contributed by atoms with Crippen LogP contribution in [0.2, 0.25) is 0 Å². The van der Waals surface area contributed by atoms with Crippen molar-refractivity contribution in [1.82, 2.24) is 14.9 Å². The molecule has 0 saturated carbocycles. The minimum Gasteiger partial charge on any atom is -0.382 e. The number of nitrogen functional groups attached to an aromatic ring is 1. The van der Waals surface area contributed by atoms with Crippen molar-refractivity contribution < 1.29 is 4.74 Å². The summed E-state index contributed by atoms with van der Waals surface area (Å²) in [5.41, 5.74) is 5.45. The highest BCUT2D eigenvalue weighted by Gasteiger charge is 2.09. The number of nitrogens with one attached hydrogen (secondary N) is 1. The quantitative estimate of drug-likeness (QED) is 0.736. The summed E-state index contributed by atoms with van der Waals surface area (Å²) in [6, 6.07) is 0. The van der Waals surface area contributed by atoms with E-state index in [1.807, 2.05) is 0 Å². The summed E-state index contributed by atoms with van der Waals surface area (Å²) in [6.07, 6.45) is 3.20. The molecule has 0 radical (unpaired) electrons. The monoisotopic (exact) mass is 223 g/mol. The molecule has 0 aliphatic carbocycles. The number of hydrogen-bond acceptors (Lipinski definition) is 6. The largest absolute Gasteiger partial charge is 0.382 e. The number of ether oxygens (including phenoxy) is 1. The van der Waals surface area contributed by atoms with Crippen molar-refractivity contribution in [2.24, 2.45) is 0 Å². The molecule has 0 unspecified atom stereocenters. The Morgan fingerprint density at radius 2 is 2.12 bits per heavy atom. The fourth-order valence-corrected chi connectivity index (χ4v) is 1.60. The van der Waals surface area contributed by atoms with Crippen LogP contribution < -0.4 is 11.1 Å². The summed E-state index contributed by atoms with van der Waals surface area (Å²) in [5, 5.41) is 3.21. The number of anilines is 2. The summed E-state index contributed by atoms with van der Waals surface area (Å²) >= 11 is 0. The van der Waals surface area contributed by atoms with Gasteiger partial charge in [-0.3, -0.25) is 4.90 Å². The Kier molecular flexibility index (Phi) is 3.90. The molecular formula is C10H17N5O.